The van der Waals surface area contributed by atoms with Crippen LogP contribution in [0.15, 0.2) is 11.1 Å². The van der Waals surface area contributed by atoms with Crippen LogP contribution in [0.2, 0.25) is 0 Å². The van der Waals surface area contributed by atoms with E-state index in [1.807, 2.05) is 6.92 Å². The molecule has 0 aromatic heterocycles. The molecule has 0 unspecified atom stereocenters. The van der Waals surface area contributed by atoms with Gasteiger partial charge < -0.3 is 89.7 Å². The first-order chi connectivity index (χ1) is 31.2. The molecule has 8 aliphatic rings. The van der Waals surface area contributed by atoms with Gasteiger partial charge in [0.05, 0.1) is 43.5 Å². The fourth-order valence-electron chi connectivity index (χ4n) is 14.9. The number of aliphatic hydroxyl groups excluding tert-OH is 12. The van der Waals surface area contributed by atoms with Crippen molar-refractivity contribution in [2.75, 3.05) is 19.8 Å². The fraction of sp³-hybridized carbons (Fsp3) is 0.938. The van der Waals surface area contributed by atoms with Gasteiger partial charge in [-0.15, -0.1) is 0 Å². The van der Waals surface area contributed by atoms with Gasteiger partial charge in [0.1, 0.15) is 67.1 Å². The van der Waals surface area contributed by atoms with E-state index in [-0.39, 0.29) is 40.1 Å². The van der Waals surface area contributed by atoms with Gasteiger partial charge in [-0.25, -0.2) is 0 Å². The maximum absolute atomic E-state index is 15.0. The third-order valence-electron chi connectivity index (χ3n) is 19.3. The van der Waals surface area contributed by atoms with Crippen LogP contribution in [0.3, 0.4) is 0 Å². The van der Waals surface area contributed by atoms with Crippen molar-refractivity contribution < 1.29 is 94.5 Å². The summed E-state index contributed by atoms with van der Waals surface area (Å²) in [6.07, 6.45) is -19.8. The monoisotopic (exact) mass is 959 g/mol. The smallest absolute Gasteiger partial charge is 0.318 e. The molecular weight excluding hydrogens is 881 g/mol. The summed E-state index contributed by atoms with van der Waals surface area (Å²) >= 11 is 0. The lowest BCUT2D eigenvalue weighted by Gasteiger charge is -2.71. The number of rotatable bonds is 9. The lowest BCUT2D eigenvalue weighted by atomic mass is 9.33. The zero-order valence-corrected chi connectivity index (χ0v) is 39.9. The van der Waals surface area contributed by atoms with Gasteiger partial charge in [0.15, 0.2) is 12.6 Å². The fourth-order valence-corrected chi connectivity index (χ4v) is 14.9. The van der Waals surface area contributed by atoms with E-state index in [4.69, 9.17) is 28.4 Å². The van der Waals surface area contributed by atoms with Gasteiger partial charge >= 0.3 is 5.97 Å². The van der Waals surface area contributed by atoms with Crippen LogP contribution in [0.5, 0.6) is 0 Å². The maximum atomic E-state index is 15.0. The Hall–Kier alpha value is -1.47. The molecule has 5 aliphatic carbocycles. The molecule has 0 spiro atoms. The van der Waals surface area contributed by atoms with Crippen molar-refractivity contribution >= 4 is 5.97 Å². The number of fused-ring (bicyclic) bond motifs is 6. The van der Waals surface area contributed by atoms with E-state index in [1.54, 1.807) is 0 Å². The maximum Gasteiger partial charge on any atom is 0.318 e. The second-order valence-corrected chi connectivity index (χ2v) is 23.4. The standard InChI is InChI=1S/C48H78O19/c1-21-29(52)31(54)34(57)40(63-21)66-37-25(18-49)64-39(36(59)33(37)56)62-19-26-30(53)32(55)35(58)41(65-26)67-42(61)48-14-12-43(2,3)16-23(48)22-8-9-28-44(4)17-24(51)38(60)45(5,20-50)27(44)10-11-47(28,7)46(22,6)13-15-48/h21,24-41,49-60H,8-20H2,1-7H3/t21-,24+,25+,26+,27+,28+,29-,30+,31+,32-,33+,34+,35+,36+,37+,38-,39+,40-,41-,44-,45-,46+,47+,48-/m0/s1. The molecule has 19 nitrogen and oxygen atoms in total. The first-order valence-corrected chi connectivity index (χ1v) is 24.4. The summed E-state index contributed by atoms with van der Waals surface area (Å²) in [5.41, 5.74) is -0.690. The Kier molecular flexibility index (Phi) is 14.1. The van der Waals surface area contributed by atoms with Crippen LogP contribution < -0.4 is 0 Å². The van der Waals surface area contributed by atoms with E-state index in [2.05, 4.69) is 34.6 Å². The highest BCUT2D eigenvalue weighted by molar-refractivity contribution is 5.82. The van der Waals surface area contributed by atoms with Crippen molar-refractivity contribution in [2.45, 2.75) is 217 Å². The second kappa shape index (κ2) is 18.2. The molecule has 0 amide bonds. The zero-order chi connectivity index (χ0) is 49.1. The number of carbonyl (C=O) groups is 1. The number of ether oxygens (including phenoxy) is 6. The third-order valence-corrected chi connectivity index (χ3v) is 19.3. The molecule has 0 radical (unpaired) electrons. The first-order valence-electron chi connectivity index (χ1n) is 24.4. The van der Waals surface area contributed by atoms with Crippen LogP contribution in [0.25, 0.3) is 0 Å². The van der Waals surface area contributed by atoms with E-state index < -0.39 is 134 Å². The minimum absolute atomic E-state index is 0.00194. The summed E-state index contributed by atoms with van der Waals surface area (Å²) in [7, 11) is 0. The Morgan fingerprint density at radius 1 is 0.657 bits per heavy atom. The molecule has 0 bridgehead atoms. The summed E-state index contributed by atoms with van der Waals surface area (Å²) in [5, 5.41) is 130. The van der Waals surface area contributed by atoms with Gasteiger partial charge in [-0.2, -0.15) is 0 Å². The molecule has 3 aliphatic heterocycles. The minimum atomic E-state index is -1.86. The van der Waals surface area contributed by atoms with E-state index in [0.29, 0.717) is 32.1 Å². The molecule has 24 atom stereocenters. The van der Waals surface area contributed by atoms with Crippen LogP contribution >= 0.6 is 0 Å². The summed E-state index contributed by atoms with van der Waals surface area (Å²) in [6, 6.07) is 0. The Labute approximate surface area is 392 Å². The van der Waals surface area contributed by atoms with Crippen LogP contribution in [0.4, 0.5) is 0 Å². The van der Waals surface area contributed by atoms with Crippen molar-refractivity contribution in [3.8, 4) is 0 Å². The molecule has 19 heteroatoms. The predicted molar refractivity (Wildman–Crippen MR) is 232 cm³/mol. The molecule has 3 saturated heterocycles. The highest BCUT2D eigenvalue weighted by Gasteiger charge is 2.70. The Balaban J connectivity index is 0.990. The Morgan fingerprint density at radius 3 is 1.96 bits per heavy atom. The van der Waals surface area contributed by atoms with E-state index in [1.165, 1.54) is 12.5 Å². The van der Waals surface area contributed by atoms with Crippen LogP contribution in [0.1, 0.15) is 113 Å². The Bertz CT molecular complexity index is 1850. The van der Waals surface area contributed by atoms with E-state index in [9.17, 15) is 66.1 Å². The molecule has 384 valence electrons. The van der Waals surface area contributed by atoms with Crippen molar-refractivity contribution in [1.82, 2.24) is 0 Å². The third kappa shape index (κ3) is 8.10. The average Bonchev–Trinajstić information content (AvgIpc) is 3.28. The quantitative estimate of drug-likeness (QED) is 0.100. The van der Waals surface area contributed by atoms with Gasteiger partial charge in [-0.1, -0.05) is 52.7 Å². The minimum Gasteiger partial charge on any atom is -0.432 e. The lowest BCUT2D eigenvalue weighted by Crippen LogP contribution is -2.68. The van der Waals surface area contributed by atoms with Gasteiger partial charge in [0, 0.05) is 5.41 Å². The first kappa shape index (κ1) is 51.9. The molecular formula is C48H78O19. The molecule has 8 rings (SSSR count). The number of esters is 1. The molecule has 3 heterocycles. The van der Waals surface area contributed by atoms with E-state index in [0.717, 1.165) is 37.7 Å². The largest absolute Gasteiger partial charge is 0.432 e. The highest BCUT2D eigenvalue weighted by Crippen LogP contribution is 2.75. The van der Waals surface area contributed by atoms with Crippen molar-refractivity contribution in [3.05, 3.63) is 11.1 Å². The SMILES string of the molecule is C[C@@H]1O[C@@H](O[C@H]2[C@H](O)[C@@H](O)[C@H](OC[C@H]3O[C@@H](OC(=O)[C@]45CCC(C)(C)CC4=C4CC[C@@H]6[C@@]7(C)C[C@@H](O)[C@H](O)[C@@](C)(CO)[C@@H]7CC[C@@]6(C)[C@]4(C)CC5)[C@H](O)[C@@H](O)[C@@H]3O)O[C@@H]2CO)[C@H](O)[C@H](O)[C@H]1O. The Morgan fingerprint density at radius 2 is 1.28 bits per heavy atom. The van der Waals surface area contributed by atoms with Crippen LogP contribution in [-0.2, 0) is 33.2 Å². The van der Waals surface area contributed by atoms with E-state index >= 15 is 0 Å². The van der Waals surface area contributed by atoms with Crippen LogP contribution in [0, 0.1) is 44.3 Å². The van der Waals surface area contributed by atoms with Crippen LogP contribution in [-0.4, -0.2) is 191 Å². The van der Waals surface area contributed by atoms with Crippen molar-refractivity contribution in [2.24, 2.45) is 44.3 Å². The molecule has 7 fully saturated rings. The number of hydrogen-bond donors (Lipinski definition) is 12. The molecule has 4 saturated carbocycles. The predicted octanol–water partition coefficient (Wildman–Crippen LogP) is -0.745. The normalized spacial score (nSPS) is 54.3. The summed E-state index contributed by atoms with van der Waals surface area (Å²) in [4.78, 5) is 15.0. The number of allylic oxidation sites excluding steroid dienone is 1. The number of hydrogen-bond acceptors (Lipinski definition) is 19. The van der Waals surface area contributed by atoms with Crippen molar-refractivity contribution in [1.29, 1.82) is 0 Å². The number of carbonyl (C=O) groups excluding carboxylic acids is 1. The molecule has 67 heavy (non-hydrogen) atoms. The average molecular weight is 959 g/mol. The number of aliphatic hydroxyl groups is 12. The molecule has 12 N–H and O–H groups in total. The highest BCUT2D eigenvalue weighted by atomic mass is 16.8. The summed E-state index contributed by atoms with van der Waals surface area (Å²) < 4.78 is 34.7. The molecule has 0 aromatic rings. The zero-order valence-electron chi connectivity index (χ0n) is 39.9. The molecule has 0 aromatic carbocycles. The second-order valence-electron chi connectivity index (χ2n) is 23.4. The van der Waals surface area contributed by atoms with Gasteiger partial charge in [0.2, 0.25) is 6.29 Å². The lowest BCUT2D eigenvalue weighted by molar-refractivity contribution is -0.361. The van der Waals surface area contributed by atoms with Crippen molar-refractivity contribution in [3.63, 3.8) is 0 Å². The van der Waals surface area contributed by atoms with Gasteiger partial charge in [0.25, 0.3) is 0 Å². The summed E-state index contributed by atoms with van der Waals surface area (Å²) in [6.45, 7) is 13.0. The topological polar surface area (TPSA) is 315 Å². The summed E-state index contributed by atoms with van der Waals surface area (Å²) in [5.74, 6) is -0.440. The van der Waals surface area contributed by atoms with Gasteiger partial charge in [-0.3, -0.25) is 4.79 Å². The van der Waals surface area contributed by atoms with Gasteiger partial charge in [-0.05, 0) is 105 Å².